The number of hydrogen-bond acceptors (Lipinski definition) is 2. The molecule has 1 saturated carbocycles. The summed E-state index contributed by atoms with van der Waals surface area (Å²) in [4.78, 5) is 11.4. The largest absolute Gasteiger partial charge is 0.489 e. The fourth-order valence-corrected chi connectivity index (χ4v) is 4.03. The van der Waals surface area contributed by atoms with Crippen LogP contribution in [0, 0.1) is 5.92 Å². The van der Waals surface area contributed by atoms with Gasteiger partial charge in [0.25, 0.3) is 0 Å². The first-order valence-electron chi connectivity index (χ1n) is 8.79. The average Bonchev–Trinajstić information content (AvgIpc) is 2.67. The van der Waals surface area contributed by atoms with Crippen molar-refractivity contribution in [1.29, 1.82) is 0 Å². The monoisotopic (exact) mass is 358 g/mol. The minimum Gasteiger partial charge on any atom is -0.489 e. The van der Waals surface area contributed by atoms with Crippen LogP contribution in [-0.2, 0) is 11.4 Å². The number of hydrogen-bond donors (Lipinski definition) is 1. The maximum Gasteiger partial charge on any atom is 0.321 e. The SMILES string of the molecule is O=C(O)C(Cl)[C@H]1CCCC[C@H]1c1ccccc1OCc1ccccc1. The van der Waals surface area contributed by atoms with Crippen molar-refractivity contribution in [2.45, 2.75) is 43.6 Å². The Labute approximate surface area is 153 Å². The van der Waals surface area contributed by atoms with Crippen LogP contribution < -0.4 is 4.74 Å². The number of aliphatic carboxylic acids is 1. The molecule has 3 rings (SSSR count). The van der Waals surface area contributed by atoms with Crippen LogP contribution in [0.1, 0.15) is 42.7 Å². The van der Waals surface area contributed by atoms with E-state index in [1.807, 2.05) is 48.5 Å². The van der Waals surface area contributed by atoms with E-state index >= 15 is 0 Å². The summed E-state index contributed by atoms with van der Waals surface area (Å²) in [6, 6.07) is 18.0. The van der Waals surface area contributed by atoms with E-state index in [1.165, 1.54) is 0 Å². The summed E-state index contributed by atoms with van der Waals surface area (Å²) in [5, 5.41) is 8.50. The summed E-state index contributed by atoms with van der Waals surface area (Å²) in [6.45, 7) is 0.498. The molecule has 3 atom stereocenters. The second-order valence-electron chi connectivity index (χ2n) is 6.61. The normalized spacial score (nSPS) is 21.5. The van der Waals surface area contributed by atoms with Crippen LogP contribution in [0.25, 0.3) is 0 Å². The van der Waals surface area contributed by atoms with E-state index in [9.17, 15) is 9.90 Å². The lowest BCUT2D eigenvalue weighted by atomic mass is 9.73. The second kappa shape index (κ2) is 8.39. The third kappa shape index (κ3) is 4.35. The fraction of sp³-hybridized carbons (Fsp3) is 0.381. The Balaban J connectivity index is 1.82. The standard InChI is InChI=1S/C21H23ClO3/c22-20(21(23)24)18-12-5-4-10-16(18)17-11-6-7-13-19(17)25-14-15-8-2-1-3-9-15/h1-3,6-9,11,13,16,18,20H,4-5,10,12,14H2,(H,23,24)/t16-,18-,20?/m0/s1. The van der Waals surface area contributed by atoms with Gasteiger partial charge in [-0.15, -0.1) is 11.6 Å². The first kappa shape index (κ1) is 17.8. The van der Waals surface area contributed by atoms with Gasteiger partial charge in [-0.25, -0.2) is 0 Å². The van der Waals surface area contributed by atoms with E-state index in [4.69, 9.17) is 16.3 Å². The highest BCUT2D eigenvalue weighted by atomic mass is 35.5. The summed E-state index contributed by atoms with van der Waals surface area (Å²) in [7, 11) is 0. The highest BCUT2D eigenvalue weighted by molar-refractivity contribution is 6.29. The van der Waals surface area contributed by atoms with Crippen LogP contribution in [0.15, 0.2) is 54.6 Å². The first-order chi connectivity index (χ1) is 12.2. The van der Waals surface area contributed by atoms with E-state index in [2.05, 4.69) is 6.07 Å². The summed E-state index contributed by atoms with van der Waals surface area (Å²) in [5.41, 5.74) is 2.19. The van der Waals surface area contributed by atoms with Gasteiger partial charge in [0.15, 0.2) is 0 Å². The number of carbonyl (C=O) groups is 1. The lowest BCUT2D eigenvalue weighted by Gasteiger charge is -2.34. The number of para-hydroxylation sites is 1. The van der Waals surface area contributed by atoms with Gasteiger partial charge < -0.3 is 9.84 Å². The van der Waals surface area contributed by atoms with Crippen molar-refractivity contribution in [3.05, 3.63) is 65.7 Å². The second-order valence-corrected chi connectivity index (χ2v) is 7.08. The van der Waals surface area contributed by atoms with Gasteiger partial charge in [-0.2, -0.15) is 0 Å². The number of benzene rings is 2. The highest BCUT2D eigenvalue weighted by Gasteiger charge is 2.36. The van der Waals surface area contributed by atoms with Crippen molar-refractivity contribution in [1.82, 2.24) is 0 Å². The molecule has 1 N–H and O–H groups in total. The Kier molecular flexibility index (Phi) is 5.98. The molecule has 1 aliphatic carbocycles. The molecule has 0 amide bonds. The van der Waals surface area contributed by atoms with Gasteiger partial charge in [-0.3, -0.25) is 4.79 Å². The van der Waals surface area contributed by atoms with Crippen molar-refractivity contribution in [3.63, 3.8) is 0 Å². The fourth-order valence-electron chi connectivity index (χ4n) is 3.73. The van der Waals surface area contributed by atoms with Gasteiger partial charge in [-0.05, 0) is 41.9 Å². The van der Waals surface area contributed by atoms with Crippen LogP contribution >= 0.6 is 11.6 Å². The topological polar surface area (TPSA) is 46.5 Å². The van der Waals surface area contributed by atoms with Gasteiger partial charge in [0, 0.05) is 0 Å². The number of halogens is 1. The van der Waals surface area contributed by atoms with Crippen molar-refractivity contribution in [3.8, 4) is 5.75 Å². The zero-order chi connectivity index (χ0) is 17.6. The molecule has 132 valence electrons. The predicted octanol–water partition coefficient (Wildman–Crippen LogP) is 5.23. The van der Waals surface area contributed by atoms with Crippen molar-refractivity contribution < 1.29 is 14.6 Å². The molecule has 0 bridgehead atoms. The molecule has 0 spiro atoms. The molecule has 0 aliphatic heterocycles. The average molecular weight is 359 g/mol. The third-order valence-corrected chi connectivity index (χ3v) is 5.50. The quantitative estimate of drug-likeness (QED) is 0.719. The smallest absolute Gasteiger partial charge is 0.321 e. The first-order valence-corrected chi connectivity index (χ1v) is 9.23. The number of carboxylic acid groups (broad SMARTS) is 1. The molecule has 0 heterocycles. The molecule has 2 aromatic carbocycles. The molecule has 3 nitrogen and oxygen atoms in total. The van der Waals surface area contributed by atoms with E-state index in [1.54, 1.807) is 0 Å². The molecule has 1 fully saturated rings. The van der Waals surface area contributed by atoms with E-state index < -0.39 is 11.3 Å². The minimum absolute atomic E-state index is 0.0607. The van der Waals surface area contributed by atoms with Gasteiger partial charge >= 0.3 is 5.97 Å². The number of alkyl halides is 1. The van der Waals surface area contributed by atoms with Gasteiger partial charge in [0.1, 0.15) is 17.7 Å². The Hall–Kier alpha value is -2.00. The summed E-state index contributed by atoms with van der Waals surface area (Å²) >= 11 is 6.22. The molecular formula is C21H23ClO3. The number of rotatable bonds is 6. The molecule has 0 aromatic heterocycles. The minimum atomic E-state index is -0.929. The molecule has 0 radical (unpaired) electrons. The van der Waals surface area contributed by atoms with Crippen LogP contribution in [0.2, 0.25) is 0 Å². The Morgan fingerprint density at radius 3 is 2.52 bits per heavy atom. The van der Waals surface area contributed by atoms with E-state index in [-0.39, 0.29) is 11.8 Å². The summed E-state index contributed by atoms with van der Waals surface area (Å²) < 4.78 is 6.07. The van der Waals surface area contributed by atoms with E-state index in [0.29, 0.717) is 6.61 Å². The van der Waals surface area contributed by atoms with Crippen molar-refractivity contribution >= 4 is 17.6 Å². The zero-order valence-electron chi connectivity index (χ0n) is 14.1. The predicted molar refractivity (Wildman–Crippen MR) is 99.2 cm³/mol. The summed E-state index contributed by atoms with van der Waals surface area (Å²) in [5.74, 6) is -0.0347. The maximum absolute atomic E-state index is 11.4. The molecule has 4 heteroatoms. The molecule has 25 heavy (non-hydrogen) atoms. The van der Waals surface area contributed by atoms with Gasteiger partial charge in [0.05, 0.1) is 0 Å². The van der Waals surface area contributed by atoms with Crippen molar-refractivity contribution in [2.75, 3.05) is 0 Å². The maximum atomic E-state index is 11.4. The zero-order valence-corrected chi connectivity index (χ0v) is 14.9. The molecular weight excluding hydrogens is 336 g/mol. The molecule has 0 saturated heterocycles. The van der Waals surface area contributed by atoms with Gasteiger partial charge in [-0.1, -0.05) is 61.4 Å². The van der Waals surface area contributed by atoms with Crippen LogP contribution in [0.3, 0.4) is 0 Å². The van der Waals surface area contributed by atoms with Crippen molar-refractivity contribution in [2.24, 2.45) is 5.92 Å². The van der Waals surface area contributed by atoms with E-state index in [0.717, 1.165) is 42.6 Å². The number of carboxylic acids is 1. The lowest BCUT2D eigenvalue weighted by Crippen LogP contribution is -2.31. The highest BCUT2D eigenvalue weighted by Crippen LogP contribution is 2.44. The Bertz CT molecular complexity index is 701. The third-order valence-electron chi connectivity index (χ3n) is 4.99. The molecule has 2 aromatic rings. The van der Waals surface area contributed by atoms with Crippen LogP contribution in [0.5, 0.6) is 5.75 Å². The lowest BCUT2D eigenvalue weighted by molar-refractivity contribution is -0.138. The number of ether oxygens (including phenoxy) is 1. The molecule has 1 unspecified atom stereocenters. The Morgan fingerprint density at radius 2 is 1.76 bits per heavy atom. The summed E-state index contributed by atoms with van der Waals surface area (Å²) in [6.07, 6.45) is 3.92. The van der Waals surface area contributed by atoms with Crippen LogP contribution in [-0.4, -0.2) is 16.5 Å². The van der Waals surface area contributed by atoms with Crippen LogP contribution in [0.4, 0.5) is 0 Å². The van der Waals surface area contributed by atoms with Gasteiger partial charge in [0.2, 0.25) is 0 Å². The molecule has 1 aliphatic rings. The Morgan fingerprint density at radius 1 is 1.08 bits per heavy atom.